The normalized spacial score (nSPS) is 19.5. The van der Waals surface area contributed by atoms with Crippen molar-refractivity contribution in [2.24, 2.45) is 0 Å². The number of carbonyl (C=O) groups is 2. The lowest BCUT2D eigenvalue weighted by Crippen LogP contribution is -2.33. The van der Waals surface area contributed by atoms with E-state index in [1.807, 2.05) is 31.4 Å². The Kier molecular flexibility index (Phi) is 5.49. The van der Waals surface area contributed by atoms with E-state index in [2.05, 4.69) is 4.98 Å². The first-order valence-electron chi connectivity index (χ1n) is 8.34. The molecular weight excluding hydrogens is 352 g/mol. The molecule has 7 heteroatoms. The summed E-state index contributed by atoms with van der Waals surface area (Å²) in [4.78, 5) is 31.5. The van der Waals surface area contributed by atoms with Crippen LogP contribution in [0.3, 0.4) is 0 Å². The van der Waals surface area contributed by atoms with Gasteiger partial charge in [-0.05, 0) is 37.4 Å². The highest BCUT2D eigenvalue weighted by Gasteiger charge is 2.46. The van der Waals surface area contributed by atoms with E-state index >= 15 is 0 Å². The van der Waals surface area contributed by atoms with E-state index in [0.717, 1.165) is 4.88 Å². The molecule has 1 amide bonds. The number of Topliss-reactive ketones (excluding diaryl/α,β-unsaturated/α-hetero) is 1. The van der Waals surface area contributed by atoms with Crippen LogP contribution in [0.15, 0.2) is 47.6 Å². The third-order valence-corrected chi connectivity index (χ3v) is 5.01. The molecule has 0 bridgehead atoms. The molecule has 26 heavy (non-hydrogen) atoms. The summed E-state index contributed by atoms with van der Waals surface area (Å²) in [6.07, 6.45) is 3.09. The lowest BCUT2D eigenvalue weighted by molar-refractivity contribution is -0.140. The summed E-state index contributed by atoms with van der Waals surface area (Å²) < 4.78 is 5.54. The van der Waals surface area contributed by atoms with E-state index in [9.17, 15) is 14.7 Å². The van der Waals surface area contributed by atoms with Crippen molar-refractivity contribution in [3.05, 3.63) is 58.1 Å². The minimum absolute atomic E-state index is 0.0313. The Balaban J connectivity index is 2.02. The standard InChI is InChI=1S/C19H20N2O4S/c1-12(2)25-10-9-21-16(14-4-3-11-26-14)15(18(23)19(21)24)17(22)13-5-7-20-8-6-13/h3-8,11-12,16,22H,9-10H2,1-2H3/b17-15-. The number of ketones is 1. The van der Waals surface area contributed by atoms with Crippen LogP contribution in [0.25, 0.3) is 5.76 Å². The van der Waals surface area contributed by atoms with Crippen molar-refractivity contribution in [2.45, 2.75) is 26.0 Å². The fraction of sp³-hybridized carbons (Fsp3) is 0.316. The van der Waals surface area contributed by atoms with Crippen LogP contribution in [0.2, 0.25) is 0 Å². The molecule has 1 saturated heterocycles. The molecule has 3 rings (SSSR count). The highest BCUT2D eigenvalue weighted by Crippen LogP contribution is 2.40. The number of aliphatic hydroxyl groups excluding tert-OH is 1. The quantitative estimate of drug-likeness (QED) is 0.479. The Morgan fingerprint density at radius 3 is 2.65 bits per heavy atom. The van der Waals surface area contributed by atoms with Gasteiger partial charge in [0, 0.05) is 29.4 Å². The van der Waals surface area contributed by atoms with E-state index in [4.69, 9.17) is 4.74 Å². The minimum atomic E-state index is -0.678. The van der Waals surface area contributed by atoms with Crippen LogP contribution in [0, 0.1) is 0 Å². The molecular formula is C19H20N2O4S. The van der Waals surface area contributed by atoms with Gasteiger partial charge in [-0.3, -0.25) is 14.6 Å². The summed E-state index contributed by atoms with van der Waals surface area (Å²) in [5.74, 6) is -1.48. The zero-order valence-corrected chi connectivity index (χ0v) is 15.4. The van der Waals surface area contributed by atoms with Crippen LogP contribution in [-0.4, -0.2) is 45.9 Å². The highest BCUT2D eigenvalue weighted by atomic mass is 32.1. The van der Waals surface area contributed by atoms with Gasteiger partial charge in [-0.1, -0.05) is 6.07 Å². The summed E-state index contributed by atoms with van der Waals surface area (Å²) in [5, 5.41) is 12.6. The van der Waals surface area contributed by atoms with Crippen LogP contribution in [0.5, 0.6) is 0 Å². The Hall–Kier alpha value is -2.51. The number of nitrogens with zero attached hydrogens (tertiary/aromatic N) is 2. The van der Waals surface area contributed by atoms with Gasteiger partial charge < -0.3 is 14.7 Å². The molecule has 1 aliphatic heterocycles. The smallest absolute Gasteiger partial charge is 0.295 e. The van der Waals surface area contributed by atoms with Gasteiger partial charge in [-0.25, -0.2) is 0 Å². The van der Waals surface area contributed by atoms with Crippen molar-refractivity contribution in [3.8, 4) is 0 Å². The number of ether oxygens (including phenoxy) is 1. The van der Waals surface area contributed by atoms with Crippen LogP contribution >= 0.6 is 11.3 Å². The zero-order valence-electron chi connectivity index (χ0n) is 14.6. The first kappa shape index (κ1) is 18.3. The third-order valence-electron chi connectivity index (χ3n) is 4.09. The molecule has 1 N–H and O–H groups in total. The minimum Gasteiger partial charge on any atom is -0.507 e. The highest BCUT2D eigenvalue weighted by molar-refractivity contribution is 7.10. The first-order chi connectivity index (χ1) is 12.5. The number of hydrogen-bond acceptors (Lipinski definition) is 6. The summed E-state index contributed by atoms with van der Waals surface area (Å²) in [5.41, 5.74) is 0.561. The average Bonchev–Trinajstić information content (AvgIpc) is 3.24. The Morgan fingerprint density at radius 1 is 1.31 bits per heavy atom. The molecule has 0 aliphatic carbocycles. The molecule has 0 saturated carbocycles. The van der Waals surface area contributed by atoms with Gasteiger partial charge in [0.05, 0.1) is 24.3 Å². The second kappa shape index (κ2) is 7.80. The van der Waals surface area contributed by atoms with Gasteiger partial charge in [0.2, 0.25) is 0 Å². The summed E-state index contributed by atoms with van der Waals surface area (Å²) >= 11 is 1.44. The molecule has 2 aromatic heterocycles. The second-order valence-electron chi connectivity index (χ2n) is 6.16. The predicted molar refractivity (Wildman–Crippen MR) is 98.7 cm³/mol. The molecule has 0 spiro atoms. The molecule has 1 atom stereocenters. The molecule has 3 heterocycles. The van der Waals surface area contributed by atoms with Crippen LogP contribution in [0.4, 0.5) is 0 Å². The maximum absolute atomic E-state index is 12.7. The molecule has 0 aromatic carbocycles. The van der Waals surface area contributed by atoms with Crippen molar-refractivity contribution >= 4 is 28.8 Å². The van der Waals surface area contributed by atoms with E-state index in [0.29, 0.717) is 12.2 Å². The van der Waals surface area contributed by atoms with Gasteiger partial charge in [0.15, 0.2) is 0 Å². The maximum atomic E-state index is 12.7. The number of aromatic nitrogens is 1. The zero-order chi connectivity index (χ0) is 18.7. The van der Waals surface area contributed by atoms with E-state index in [-0.39, 0.29) is 24.0 Å². The summed E-state index contributed by atoms with van der Waals surface area (Å²) in [6, 6.07) is 6.32. The molecule has 1 unspecified atom stereocenters. The van der Waals surface area contributed by atoms with Crippen molar-refractivity contribution in [3.63, 3.8) is 0 Å². The molecule has 2 aromatic rings. The van der Waals surface area contributed by atoms with Crippen LogP contribution < -0.4 is 0 Å². The van der Waals surface area contributed by atoms with Crippen LogP contribution in [-0.2, 0) is 14.3 Å². The largest absolute Gasteiger partial charge is 0.507 e. The average molecular weight is 372 g/mol. The lowest BCUT2D eigenvalue weighted by Gasteiger charge is -2.24. The Labute approximate surface area is 155 Å². The van der Waals surface area contributed by atoms with Crippen molar-refractivity contribution in [1.82, 2.24) is 9.88 Å². The van der Waals surface area contributed by atoms with Crippen LogP contribution in [0.1, 0.15) is 30.3 Å². The van der Waals surface area contributed by atoms with E-state index < -0.39 is 17.7 Å². The maximum Gasteiger partial charge on any atom is 0.295 e. The number of amides is 1. The number of aliphatic hydroxyl groups is 1. The Bertz CT molecular complexity index is 815. The lowest BCUT2D eigenvalue weighted by atomic mass is 10.0. The Morgan fingerprint density at radius 2 is 2.04 bits per heavy atom. The fourth-order valence-corrected chi connectivity index (χ4v) is 3.75. The van der Waals surface area contributed by atoms with E-state index in [1.165, 1.54) is 28.6 Å². The molecule has 0 radical (unpaired) electrons. The van der Waals surface area contributed by atoms with E-state index in [1.54, 1.807) is 12.1 Å². The second-order valence-corrected chi connectivity index (χ2v) is 7.14. The number of pyridine rings is 1. The third kappa shape index (κ3) is 3.54. The summed E-state index contributed by atoms with van der Waals surface area (Å²) in [7, 11) is 0. The van der Waals surface area contributed by atoms with Crippen molar-refractivity contribution in [1.29, 1.82) is 0 Å². The van der Waals surface area contributed by atoms with Gasteiger partial charge in [-0.2, -0.15) is 0 Å². The SMILES string of the molecule is CC(C)OCCN1C(=O)C(=O)/C(=C(\O)c2ccncc2)C1c1cccs1. The number of likely N-dealkylation sites (tertiary alicyclic amines) is 1. The first-order valence-corrected chi connectivity index (χ1v) is 9.22. The predicted octanol–water partition coefficient (Wildman–Crippen LogP) is 2.99. The van der Waals surface area contributed by atoms with Gasteiger partial charge in [0.25, 0.3) is 11.7 Å². The molecule has 1 fully saturated rings. The topological polar surface area (TPSA) is 79.7 Å². The van der Waals surface area contributed by atoms with Gasteiger partial charge >= 0.3 is 0 Å². The molecule has 136 valence electrons. The number of thiophene rings is 1. The number of rotatable bonds is 6. The monoisotopic (exact) mass is 372 g/mol. The fourth-order valence-electron chi connectivity index (χ4n) is 2.91. The summed E-state index contributed by atoms with van der Waals surface area (Å²) in [6.45, 7) is 4.42. The van der Waals surface area contributed by atoms with Gasteiger partial charge in [0.1, 0.15) is 5.76 Å². The molecule has 6 nitrogen and oxygen atoms in total. The van der Waals surface area contributed by atoms with Gasteiger partial charge in [-0.15, -0.1) is 11.3 Å². The van der Waals surface area contributed by atoms with Crippen molar-refractivity contribution in [2.75, 3.05) is 13.2 Å². The number of hydrogen-bond donors (Lipinski definition) is 1. The number of carbonyl (C=O) groups excluding carboxylic acids is 2. The van der Waals surface area contributed by atoms with Crippen molar-refractivity contribution < 1.29 is 19.4 Å². The molecule has 1 aliphatic rings.